The average molecular weight is 361 g/mol. The molecule has 1 fully saturated rings. The number of aliphatic hydroxyl groups excluding tert-OH is 2. The first-order valence-corrected chi connectivity index (χ1v) is 7.89. The van der Waals surface area contributed by atoms with Crippen LogP contribution in [0.5, 0.6) is 0 Å². The van der Waals surface area contributed by atoms with Gasteiger partial charge in [0, 0.05) is 27.5 Å². The Hall–Kier alpha value is -1.52. The molecule has 9 heteroatoms. The van der Waals surface area contributed by atoms with Crippen LogP contribution in [-0.4, -0.2) is 87.6 Å². The maximum Gasteiger partial charge on any atom is 0.343 e. The molecule has 0 radical (unpaired) electrons. The second kappa shape index (κ2) is 10.5. The third-order valence-corrected chi connectivity index (χ3v) is 3.79. The van der Waals surface area contributed by atoms with Crippen molar-refractivity contribution in [1.82, 2.24) is 0 Å². The molecule has 1 aliphatic heterocycles. The number of allylic oxidation sites excluding steroid dienone is 1. The fourth-order valence-corrected chi connectivity index (χ4v) is 2.50. The van der Waals surface area contributed by atoms with Gasteiger partial charge in [0.15, 0.2) is 6.29 Å². The second-order valence-electron chi connectivity index (χ2n) is 5.38. The number of hydrogen-bond donors (Lipinski definition) is 2. The Bertz CT molecular complexity index is 489. The molecule has 0 unspecified atom stereocenters. The third-order valence-electron chi connectivity index (χ3n) is 3.79. The number of ether oxygens (including phenoxy) is 5. The normalized spacial score (nSPS) is 31.0. The average Bonchev–Trinajstić information content (AvgIpc) is 2.58. The van der Waals surface area contributed by atoms with Gasteiger partial charge in [0.2, 0.25) is 0 Å². The number of carbonyl (C=O) groups is 1. The van der Waals surface area contributed by atoms with Crippen molar-refractivity contribution in [1.29, 1.82) is 0 Å². The van der Waals surface area contributed by atoms with Gasteiger partial charge in [-0.05, 0) is 13.8 Å². The van der Waals surface area contributed by atoms with E-state index in [1.807, 2.05) is 0 Å². The number of rotatable bonds is 8. The second-order valence-corrected chi connectivity index (χ2v) is 5.38. The molecular weight excluding hydrogens is 334 g/mol. The largest absolute Gasteiger partial charge is 0.512 e. The molecule has 2 N–H and O–H groups in total. The van der Waals surface area contributed by atoms with Crippen LogP contribution < -0.4 is 0 Å². The molecule has 0 spiro atoms. The van der Waals surface area contributed by atoms with Crippen molar-refractivity contribution in [2.24, 2.45) is 4.99 Å². The van der Waals surface area contributed by atoms with E-state index < -0.39 is 36.7 Å². The highest BCUT2D eigenvalue weighted by atomic mass is 16.7. The SMILES string of the molecule is CCOC(=O)/C(C=NC[C@H]1O[C@H](OC)[C@H](OC)[C@@H](OC)[C@@H]1O)=C(/C)O. The topological polar surface area (TPSA) is 116 Å². The van der Waals surface area contributed by atoms with Gasteiger partial charge < -0.3 is 33.9 Å². The molecule has 1 heterocycles. The van der Waals surface area contributed by atoms with Gasteiger partial charge in [0.05, 0.1) is 13.2 Å². The van der Waals surface area contributed by atoms with Crippen molar-refractivity contribution in [3.8, 4) is 0 Å². The van der Waals surface area contributed by atoms with Crippen molar-refractivity contribution in [2.75, 3.05) is 34.5 Å². The Kier molecular flexibility index (Phi) is 9.01. The van der Waals surface area contributed by atoms with Crippen LogP contribution >= 0.6 is 0 Å². The van der Waals surface area contributed by atoms with Crippen LogP contribution in [0.25, 0.3) is 0 Å². The van der Waals surface area contributed by atoms with Crippen LogP contribution in [-0.2, 0) is 28.5 Å². The molecule has 9 nitrogen and oxygen atoms in total. The van der Waals surface area contributed by atoms with E-state index in [-0.39, 0.29) is 24.5 Å². The summed E-state index contributed by atoms with van der Waals surface area (Å²) in [5.41, 5.74) is -0.0616. The third kappa shape index (κ3) is 5.48. The molecule has 0 aliphatic carbocycles. The summed E-state index contributed by atoms with van der Waals surface area (Å²) in [6, 6.07) is 0. The predicted molar refractivity (Wildman–Crippen MR) is 88.6 cm³/mol. The lowest BCUT2D eigenvalue weighted by Crippen LogP contribution is -2.60. The van der Waals surface area contributed by atoms with E-state index in [0.29, 0.717) is 0 Å². The first-order chi connectivity index (χ1) is 11.9. The Morgan fingerprint density at radius 2 is 1.84 bits per heavy atom. The predicted octanol–water partition coefficient (Wildman–Crippen LogP) is 0.215. The first-order valence-electron chi connectivity index (χ1n) is 7.89. The summed E-state index contributed by atoms with van der Waals surface area (Å²) in [6.45, 7) is 3.22. The molecule has 0 bridgehead atoms. The van der Waals surface area contributed by atoms with Gasteiger partial charge in [-0.2, -0.15) is 0 Å². The fraction of sp³-hybridized carbons (Fsp3) is 0.750. The molecule has 144 valence electrons. The zero-order valence-electron chi connectivity index (χ0n) is 15.2. The summed E-state index contributed by atoms with van der Waals surface area (Å²) >= 11 is 0. The molecule has 5 atom stereocenters. The molecule has 0 aromatic rings. The Morgan fingerprint density at radius 1 is 1.20 bits per heavy atom. The number of esters is 1. The van der Waals surface area contributed by atoms with E-state index >= 15 is 0 Å². The minimum atomic E-state index is -1.01. The summed E-state index contributed by atoms with van der Waals surface area (Å²) in [5, 5.41) is 20.0. The summed E-state index contributed by atoms with van der Waals surface area (Å²) in [7, 11) is 4.38. The van der Waals surface area contributed by atoms with Gasteiger partial charge in [-0.15, -0.1) is 0 Å². The number of aliphatic hydroxyl groups is 2. The molecule has 0 aromatic carbocycles. The number of aliphatic imine (C=N–C) groups is 1. The maximum absolute atomic E-state index is 11.7. The quantitative estimate of drug-likeness (QED) is 0.273. The monoisotopic (exact) mass is 361 g/mol. The summed E-state index contributed by atoms with van der Waals surface area (Å²) < 4.78 is 26.3. The number of hydrogen-bond acceptors (Lipinski definition) is 9. The molecule has 0 saturated carbocycles. The lowest BCUT2D eigenvalue weighted by molar-refractivity contribution is -0.296. The lowest BCUT2D eigenvalue weighted by Gasteiger charge is -2.42. The van der Waals surface area contributed by atoms with E-state index in [1.54, 1.807) is 6.92 Å². The van der Waals surface area contributed by atoms with Crippen LogP contribution in [0.4, 0.5) is 0 Å². The summed E-state index contributed by atoms with van der Waals surface area (Å²) in [4.78, 5) is 15.8. The molecule has 1 aliphatic rings. The molecular formula is C16H27NO8. The molecule has 25 heavy (non-hydrogen) atoms. The highest BCUT2D eigenvalue weighted by Crippen LogP contribution is 2.25. The van der Waals surface area contributed by atoms with Gasteiger partial charge in [0.1, 0.15) is 35.7 Å². The highest BCUT2D eigenvalue weighted by molar-refractivity contribution is 6.09. The zero-order chi connectivity index (χ0) is 19.0. The van der Waals surface area contributed by atoms with Crippen LogP contribution in [0.1, 0.15) is 13.8 Å². The van der Waals surface area contributed by atoms with Crippen LogP contribution in [0.15, 0.2) is 16.3 Å². The lowest BCUT2D eigenvalue weighted by atomic mass is 9.98. The number of nitrogens with zero attached hydrogens (tertiary/aromatic N) is 1. The molecule has 0 aromatic heterocycles. The van der Waals surface area contributed by atoms with E-state index in [2.05, 4.69) is 4.99 Å². The van der Waals surface area contributed by atoms with Gasteiger partial charge in [-0.25, -0.2) is 4.79 Å². The smallest absolute Gasteiger partial charge is 0.343 e. The number of carbonyl (C=O) groups excluding carboxylic acids is 1. The Balaban J connectivity index is 2.84. The van der Waals surface area contributed by atoms with Crippen molar-refractivity contribution in [2.45, 2.75) is 44.6 Å². The van der Waals surface area contributed by atoms with E-state index in [9.17, 15) is 15.0 Å². The van der Waals surface area contributed by atoms with E-state index in [0.717, 1.165) is 0 Å². The standard InChI is InChI=1S/C16H27NO8/c1-6-24-15(20)10(9(2)18)7-17-8-11-12(19)13(21-3)14(22-4)16(23-5)25-11/h7,11-14,16,18-19H,6,8H2,1-5H3/b10-9-,17-7?/t11-,12-,13+,14-,16+/m1/s1. The van der Waals surface area contributed by atoms with Crippen molar-refractivity contribution < 1.29 is 38.7 Å². The van der Waals surface area contributed by atoms with Gasteiger partial charge in [0.25, 0.3) is 0 Å². The number of methoxy groups -OCH3 is 3. The Morgan fingerprint density at radius 3 is 2.32 bits per heavy atom. The minimum Gasteiger partial charge on any atom is -0.512 e. The van der Waals surface area contributed by atoms with E-state index in [1.165, 1.54) is 34.5 Å². The minimum absolute atomic E-state index is 0.0213. The van der Waals surface area contributed by atoms with E-state index in [4.69, 9.17) is 23.7 Å². The fourth-order valence-electron chi connectivity index (χ4n) is 2.50. The zero-order valence-corrected chi connectivity index (χ0v) is 15.2. The van der Waals surface area contributed by atoms with Crippen molar-refractivity contribution in [3.05, 3.63) is 11.3 Å². The van der Waals surface area contributed by atoms with Gasteiger partial charge >= 0.3 is 5.97 Å². The van der Waals surface area contributed by atoms with Crippen molar-refractivity contribution >= 4 is 12.2 Å². The maximum atomic E-state index is 11.7. The van der Waals surface area contributed by atoms with Crippen molar-refractivity contribution in [3.63, 3.8) is 0 Å². The summed E-state index contributed by atoms with van der Waals surface area (Å²) in [5.74, 6) is -0.892. The molecule has 1 rings (SSSR count). The highest BCUT2D eigenvalue weighted by Gasteiger charge is 2.46. The Labute approximate surface area is 147 Å². The van der Waals surface area contributed by atoms with Crippen LogP contribution in [0.2, 0.25) is 0 Å². The first kappa shape index (κ1) is 21.5. The van der Waals surface area contributed by atoms with Crippen LogP contribution in [0, 0.1) is 0 Å². The molecule has 1 saturated heterocycles. The van der Waals surface area contributed by atoms with Gasteiger partial charge in [-0.3, -0.25) is 4.99 Å². The summed E-state index contributed by atoms with van der Waals surface area (Å²) in [6.07, 6.45) is -2.56. The van der Waals surface area contributed by atoms with Gasteiger partial charge in [-0.1, -0.05) is 0 Å². The molecule has 0 amide bonds. The van der Waals surface area contributed by atoms with Crippen LogP contribution in [0.3, 0.4) is 0 Å².